The fourth-order valence-corrected chi connectivity index (χ4v) is 1.91. The Balaban J connectivity index is 2.50. The Morgan fingerprint density at radius 3 is 2.19 bits per heavy atom. The summed E-state index contributed by atoms with van der Waals surface area (Å²) in [5.41, 5.74) is 0.138. The van der Waals surface area contributed by atoms with E-state index in [1.54, 1.807) is 0 Å². The third-order valence-electron chi connectivity index (χ3n) is 2.97. The van der Waals surface area contributed by atoms with Crippen LogP contribution in [-0.4, -0.2) is 18.2 Å². The van der Waals surface area contributed by atoms with E-state index in [9.17, 15) is 18.0 Å². The SMILES string of the molecule is COc1ccc(C(=O)O)cc1-c1ccc(C(F)(F)F)cc1. The highest BCUT2D eigenvalue weighted by atomic mass is 19.4. The molecule has 0 atom stereocenters. The first-order valence-corrected chi connectivity index (χ1v) is 5.92. The van der Waals surface area contributed by atoms with Crippen LogP contribution in [0.15, 0.2) is 42.5 Å². The first-order chi connectivity index (χ1) is 9.82. The highest BCUT2D eigenvalue weighted by molar-refractivity contribution is 5.90. The van der Waals surface area contributed by atoms with Crippen molar-refractivity contribution in [3.05, 3.63) is 53.6 Å². The van der Waals surface area contributed by atoms with Gasteiger partial charge in [0.25, 0.3) is 0 Å². The predicted molar refractivity (Wildman–Crippen MR) is 70.4 cm³/mol. The third kappa shape index (κ3) is 3.16. The summed E-state index contributed by atoms with van der Waals surface area (Å²) in [7, 11) is 1.41. The Morgan fingerprint density at radius 2 is 1.71 bits per heavy atom. The lowest BCUT2D eigenvalue weighted by Gasteiger charge is -2.11. The third-order valence-corrected chi connectivity index (χ3v) is 2.97. The van der Waals surface area contributed by atoms with Crippen LogP contribution in [0.1, 0.15) is 15.9 Å². The zero-order valence-corrected chi connectivity index (χ0v) is 10.9. The number of hydrogen-bond donors (Lipinski definition) is 1. The van der Waals surface area contributed by atoms with Crippen LogP contribution in [0.4, 0.5) is 13.2 Å². The average molecular weight is 296 g/mol. The number of carboxylic acids is 1. The van der Waals surface area contributed by atoms with Gasteiger partial charge < -0.3 is 9.84 Å². The number of alkyl halides is 3. The number of ether oxygens (including phenoxy) is 1. The van der Waals surface area contributed by atoms with Crippen molar-refractivity contribution < 1.29 is 27.8 Å². The van der Waals surface area contributed by atoms with Crippen molar-refractivity contribution in [3.63, 3.8) is 0 Å². The summed E-state index contributed by atoms with van der Waals surface area (Å²) in [5.74, 6) is -0.731. The molecule has 0 heterocycles. The maximum Gasteiger partial charge on any atom is 0.416 e. The summed E-state index contributed by atoms with van der Waals surface area (Å²) in [6.45, 7) is 0. The Kier molecular flexibility index (Phi) is 3.88. The van der Waals surface area contributed by atoms with Gasteiger partial charge in [0.2, 0.25) is 0 Å². The summed E-state index contributed by atoms with van der Waals surface area (Å²) >= 11 is 0. The first-order valence-electron chi connectivity index (χ1n) is 5.92. The summed E-state index contributed by atoms with van der Waals surface area (Å²) in [4.78, 5) is 11.0. The summed E-state index contributed by atoms with van der Waals surface area (Å²) in [5, 5.41) is 8.98. The van der Waals surface area contributed by atoms with Crippen LogP contribution in [0.2, 0.25) is 0 Å². The van der Waals surface area contributed by atoms with Gasteiger partial charge >= 0.3 is 12.1 Å². The molecule has 0 fully saturated rings. The minimum atomic E-state index is -4.41. The molecule has 0 spiro atoms. The van der Waals surface area contributed by atoms with E-state index in [4.69, 9.17) is 9.84 Å². The number of aromatic carboxylic acids is 1. The lowest BCUT2D eigenvalue weighted by atomic mass is 10.0. The Morgan fingerprint density at radius 1 is 1.10 bits per heavy atom. The van der Waals surface area contributed by atoms with E-state index >= 15 is 0 Å². The van der Waals surface area contributed by atoms with Gasteiger partial charge in [-0.3, -0.25) is 0 Å². The van der Waals surface area contributed by atoms with Gasteiger partial charge in [-0.25, -0.2) is 4.79 Å². The smallest absolute Gasteiger partial charge is 0.416 e. The molecule has 0 unspecified atom stereocenters. The monoisotopic (exact) mass is 296 g/mol. The van der Waals surface area contributed by atoms with Crippen molar-refractivity contribution in [2.45, 2.75) is 6.18 Å². The van der Waals surface area contributed by atoms with Gasteiger partial charge in [-0.2, -0.15) is 13.2 Å². The summed E-state index contributed by atoms with van der Waals surface area (Å²) in [6.07, 6.45) is -4.41. The van der Waals surface area contributed by atoms with E-state index in [1.807, 2.05) is 0 Å². The molecule has 0 aliphatic heterocycles. The zero-order valence-electron chi connectivity index (χ0n) is 10.9. The Labute approximate surface area is 118 Å². The number of carbonyl (C=O) groups is 1. The van der Waals surface area contributed by atoms with E-state index in [-0.39, 0.29) is 5.56 Å². The van der Waals surface area contributed by atoms with Crippen LogP contribution in [-0.2, 0) is 6.18 Å². The summed E-state index contributed by atoms with van der Waals surface area (Å²) < 4.78 is 42.7. The molecule has 0 saturated heterocycles. The molecule has 2 rings (SSSR count). The molecule has 0 saturated carbocycles. The number of hydrogen-bond acceptors (Lipinski definition) is 2. The van der Waals surface area contributed by atoms with Crippen LogP contribution in [0.5, 0.6) is 5.75 Å². The number of halogens is 3. The number of rotatable bonds is 3. The molecule has 6 heteroatoms. The topological polar surface area (TPSA) is 46.5 Å². The Bertz CT molecular complexity index is 661. The van der Waals surface area contributed by atoms with Crippen molar-refractivity contribution in [1.29, 1.82) is 0 Å². The van der Waals surface area contributed by atoms with E-state index < -0.39 is 17.7 Å². The molecule has 0 bridgehead atoms. The number of benzene rings is 2. The molecular weight excluding hydrogens is 285 g/mol. The molecule has 21 heavy (non-hydrogen) atoms. The maximum atomic E-state index is 12.5. The second kappa shape index (κ2) is 5.47. The molecule has 0 aliphatic carbocycles. The molecule has 0 aliphatic rings. The van der Waals surface area contributed by atoms with E-state index in [2.05, 4.69) is 0 Å². The van der Waals surface area contributed by atoms with Crippen LogP contribution >= 0.6 is 0 Å². The van der Waals surface area contributed by atoms with Gasteiger partial charge in [0.15, 0.2) is 0 Å². The largest absolute Gasteiger partial charge is 0.496 e. The van der Waals surface area contributed by atoms with Crippen LogP contribution in [0.25, 0.3) is 11.1 Å². The average Bonchev–Trinajstić information content (AvgIpc) is 2.45. The highest BCUT2D eigenvalue weighted by Gasteiger charge is 2.30. The molecule has 2 aromatic carbocycles. The van der Waals surface area contributed by atoms with Gasteiger partial charge in [-0.05, 0) is 35.9 Å². The van der Waals surface area contributed by atoms with Crippen molar-refractivity contribution in [2.24, 2.45) is 0 Å². The fraction of sp³-hybridized carbons (Fsp3) is 0.133. The standard InChI is InChI=1S/C15H11F3O3/c1-21-13-7-4-10(14(19)20)8-12(13)9-2-5-11(6-3-9)15(16,17)18/h2-8H,1H3,(H,19,20). The normalized spacial score (nSPS) is 11.2. The van der Waals surface area contributed by atoms with Gasteiger partial charge in [0.05, 0.1) is 18.2 Å². The van der Waals surface area contributed by atoms with Gasteiger partial charge in [0.1, 0.15) is 5.75 Å². The quantitative estimate of drug-likeness (QED) is 0.928. The highest BCUT2D eigenvalue weighted by Crippen LogP contribution is 2.34. The van der Waals surface area contributed by atoms with Gasteiger partial charge in [0, 0.05) is 5.56 Å². The van der Waals surface area contributed by atoms with E-state index in [0.29, 0.717) is 16.9 Å². The molecule has 0 amide bonds. The van der Waals surface area contributed by atoms with Gasteiger partial charge in [-0.15, -0.1) is 0 Å². The molecule has 2 aromatic rings. The van der Waals surface area contributed by atoms with Crippen molar-refractivity contribution in [2.75, 3.05) is 7.11 Å². The van der Waals surface area contributed by atoms with Crippen LogP contribution in [0, 0.1) is 0 Å². The molecule has 1 N–H and O–H groups in total. The predicted octanol–water partition coefficient (Wildman–Crippen LogP) is 4.08. The summed E-state index contributed by atoms with van der Waals surface area (Å²) in [6, 6.07) is 8.66. The second-order valence-corrected chi connectivity index (χ2v) is 4.30. The Hall–Kier alpha value is -2.50. The lowest BCUT2D eigenvalue weighted by Crippen LogP contribution is -2.04. The van der Waals surface area contributed by atoms with Crippen molar-refractivity contribution in [3.8, 4) is 16.9 Å². The maximum absolute atomic E-state index is 12.5. The minimum Gasteiger partial charge on any atom is -0.496 e. The first kappa shape index (κ1) is 14.9. The molecule has 0 radical (unpaired) electrons. The molecule has 3 nitrogen and oxygen atoms in total. The van der Waals surface area contributed by atoms with Crippen LogP contribution in [0.3, 0.4) is 0 Å². The molecule has 110 valence electrons. The molecule has 0 aromatic heterocycles. The van der Waals surface area contributed by atoms with Gasteiger partial charge in [-0.1, -0.05) is 12.1 Å². The zero-order chi connectivity index (χ0) is 15.6. The minimum absolute atomic E-state index is 0.0331. The number of methoxy groups -OCH3 is 1. The lowest BCUT2D eigenvalue weighted by molar-refractivity contribution is -0.137. The van der Waals surface area contributed by atoms with E-state index in [0.717, 1.165) is 12.1 Å². The number of carboxylic acid groups (broad SMARTS) is 1. The van der Waals surface area contributed by atoms with Crippen molar-refractivity contribution in [1.82, 2.24) is 0 Å². The second-order valence-electron chi connectivity index (χ2n) is 4.30. The van der Waals surface area contributed by atoms with Crippen LogP contribution < -0.4 is 4.74 Å². The van der Waals surface area contributed by atoms with Crippen molar-refractivity contribution >= 4 is 5.97 Å². The fourth-order valence-electron chi connectivity index (χ4n) is 1.91. The van der Waals surface area contributed by atoms with E-state index in [1.165, 1.54) is 37.4 Å². The molecular formula is C15H11F3O3.